The zero-order valence-electron chi connectivity index (χ0n) is 9.40. The van der Waals surface area contributed by atoms with E-state index in [0.29, 0.717) is 12.1 Å². The van der Waals surface area contributed by atoms with Crippen molar-refractivity contribution in [3.63, 3.8) is 0 Å². The summed E-state index contributed by atoms with van der Waals surface area (Å²) < 4.78 is 34.4. The van der Waals surface area contributed by atoms with Crippen LogP contribution in [0.4, 0.5) is 17.1 Å². The van der Waals surface area contributed by atoms with E-state index in [1.807, 2.05) is 0 Å². The minimum atomic E-state index is -5.75. The molecule has 1 aromatic rings. The second-order valence-electron chi connectivity index (χ2n) is 2.99. The number of nitro groups is 3. The molecular weight excluding hydrogens is 369 g/mol. The third kappa shape index (κ3) is 6.30. The van der Waals surface area contributed by atoms with Gasteiger partial charge < -0.3 is 5.11 Å². The molecule has 15 heteroatoms. The molecule has 14 nitrogen and oxygen atoms in total. The second kappa shape index (κ2) is 6.62. The number of nitrogens with zero attached hydrogens (tertiary/aromatic N) is 3. The van der Waals surface area contributed by atoms with E-state index in [9.17, 15) is 35.4 Å². The fourth-order valence-corrected chi connectivity index (χ4v) is 0.961. The third-order valence-corrected chi connectivity index (χ3v) is 1.64. The number of benzene rings is 1. The predicted molar refractivity (Wildman–Crippen MR) is 53.0 cm³/mol. The van der Waals surface area contributed by atoms with Crippen LogP contribution in [0.1, 0.15) is 0 Å². The zero-order chi connectivity index (χ0) is 17.0. The van der Waals surface area contributed by atoms with Crippen LogP contribution in [0, 0.1) is 30.3 Å². The molecule has 1 aromatic carbocycles. The fraction of sp³-hybridized carbons (Fsp3) is 0. The van der Waals surface area contributed by atoms with Crippen LogP contribution < -0.4 is 13.5 Å². The monoisotopic (exact) mass is 372 g/mol. The zero-order valence-corrected chi connectivity index (χ0v) is 11.1. The van der Waals surface area contributed by atoms with E-state index >= 15 is 0 Å². The van der Waals surface area contributed by atoms with E-state index in [1.54, 1.807) is 0 Å². The number of hydrogen-bond acceptors (Lipinski definition) is 11. The van der Waals surface area contributed by atoms with Crippen LogP contribution in [0.3, 0.4) is 0 Å². The molecule has 0 heterocycles. The molecule has 0 spiro atoms. The molecule has 0 fully saturated rings. The molecule has 0 aliphatic carbocycles. The molecule has 0 amide bonds. The first kappa shape index (κ1) is 18.3. The molecule has 0 radical (unpaired) electrons. The fourth-order valence-electron chi connectivity index (χ4n) is 0.961. The number of rotatable bonds is 3. The minimum absolute atomic E-state index is 0.384. The van der Waals surface area contributed by atoms with Crippen LogP contribution in [-0.4, -0.2) is 28.1 Å². The summed E-state index contributed by atoms with van der Waals surface area (Å²) in [5, 5.41) is 42.1. The van der Waals surface area contributed by atoms with Crippen molar-refractivity contribution in [2.45, 2.75) is 0 Å². The Bertz CT molecular complexity index is 653. The van der Waals surface area contributed by atoms with Crippen molar-refractivity contribution in [3.8, 4) is 5.75 Å². The van der Waals surface area contributed by atoms with E-state index in [1.165, 1.54) is 0 Å². The van der Waals surface area contributed by atoms with Crippen LogP contribution in [0.2, 0.25) is 0 Å². The van der Waals surface area contributed by atoms with Gasteiger partial charge in [-0.3, -0.25) is 30.3 Å². The summed E-state index contributed by atoms with van der Waals surface area (Å²) in [5.41, 5.74) is -3.26. The van der Waals surface area contributed by atoms with E-state index in [4.69, 9.17) is 16.0 Å². The van der Waals surface area contributed by atoms with Gasteiger partial charge in [-0.15, -0.1) is 0 Å². The first-order valence-corrected chi connectivity index (χ1v) is 7.09. The summed E-state index contributed by atoms with van der Waals surface area (Å²) in [6.07, 6.45) is 0. The number of non-ortho nitro benzene ring substituents is 1. The first-order chi connectivity index (χ1) is 9.34. The van der Waals surface area contributed by atoms with Gasteiger partial charge in [0.05, 0.1) is 32.7 Å². The van der Waals surface area contributed by atoms with Crippen molar-refractivity contribution in [2.75, 3.05) is 0 Å². The molecule has 0 unspecified atom stereocenters. The van der Waals surface area contributed by atoms with Crippen molar-refractivity contribution >= 4 is 30.4 Å². The maximum absolute atomic E-state index is 11.1. The van der Waals surface area contributed by atoms with Crippen LogP contribution >= 0.6 is 0 Å². The molecule has 1 rings (SSSR count). The summed E-state index contributed by atoms with van der Waals surface area (Å²) >= 11 is -5.75. The SMILES string of the molecule is O=[N+]([O-])c1cc([N+](=O)[O-])c([O-])c([N+](=O)[O-])c1.O=[Se](=O)([O-])[O-]. The summed E-state index contributed by atoms with van der Waals surface area (Å²) in [6, 6.07) is 0.769. The Morgan fingerprint density at radius 2 is 1.10 bits per heavy atom. The molecule has 0 aliphatic heterocycles. The predicted octanol–water partition coefficient (Wildman–Crippen LogP) is -2.51. The van der Waals surface area contributed by atoms with Crippen LogP contribution in [0.5, 0.6) is 5.75 Å². The molecule has 21 heavy (non-hydrogen) atoms. The van der Waals surface area contributed by atoms with Crippen molar-refractivity contribution in [1.29, 1.82) is 0 Å². The second-order valence-corrected chi connectivity index (χ2v) is 4.71. The standard InChI is InChI=1S/C6H3N3O7.H2O4Se/c10-6-4(8(13)14)1-3(7(11)12)2-5(6)9(15)16;1-5(2,3)4/h1-2,10H;(H2,1,2,3,4)/p-3. The van der Waals surface area contributed by atoms with Gasteiger partial charge in [-0.25, -0.2) is 0 Å². The molecule has 0 bridgehead atoms. The Hall–Kier alpha value is -2.74. The Morgan fingerprint density at radius 3 is 1.29 bits per heavy atom. The van der Waals surface area contributed by atoms with Gasteiger partial charge in [-0.05, 0) is 0 Å². The average Bonchev–Trinajstić information content (AvgIpc) is 2.25. The van der Waals surface area contributed by atoms with E-state index in [-0.39, 0.29) is 0 Å². The van der Waals surface area contributed by atoms with E-state index < -0.39 is 50.9 Å². The van der Waals surface area contributed by atoms with Gasteiger partial charge in [0.15, 0.2) is 0 Å². The third-order valence-electron chi connectivity index (χ3n) is 1.64. The van der Waals surface area contributed by atoms with Gasteiger partial charge >= 0.3 is 29.4 Å². The first-order valence-electron chi connectivity index (χ1n) is 4.29. The van der Waals surface area contributed by atoms with Crippen molar-refractivity contribution in [3.05, 3.63) is 42.5 Å². The Labute approximate surface area is 115 Å². The van der Waals surface area contributed by atoms with Crippen molar-refractivity contribution in [1.82, 2.24) is 0 Å². The van der Waals surface area contributed by atoms with Crippen LogP contribution in [0.25, 0.3) is 0 Å². The quantitative estimate of drug-likeness (QED) is 0.305. The summed E-state index contributed by atoms with van der Waals surface area (Å²) in [5.74, 6) is -1.46. The van der Waals surface area contributed by atoms with Gasteiger partial charge in [-0.1, -0.05) is 0 Å². The maximum atomic E-state index is 11.1. The Balaban J connectivity index is 0.000000690. The number of nitro benzene ring substituents is 3. The molecular formula is C6H2N3O11Se-3. The van der Waals surface area contributed by atoms with E-state index in [0.717, 1.165) is 0 Å². The van der Waals surface area contributed by atoms with Gasteiger partial charge in [-0.2, -0.15) is 0 Å². The average molecular weight is 371 g/mol. The van der Waals surface area contributed by atoms with Crippen LogP contribution in [-0.2, 0) is 7.67 Å². The molecule has 0 saturated heterocycles. The van der Waals surface area contributed by atoms with E-state index in [2.05, 4.69) is 0 Å². The molecule has 116 valence electrons. The summed E-state index contributed by atoms with van der Waals surface area (Å²) in [7, 11) is 0. The van der Waals surface area contributed by atoms with Gasteiger partial charge in [0, 0.05) is 0 Å². The topological polar surface area (TPSA) is 233 Å². The van der Waals surface area contributed by atoms with Gasteiger partial charge in [0.1, 0.15) is 0 Å². The van der Waals surface area contributed by atoms with Crippen LogP contribution in [0.15, 0.2) is 12.1 Å². The summed E-state index contributed by atoms with van der Waals surface area (Å²) in [4.78, 5) is 27.5. The Morgan fingerprint density at radius 1 is 0.810 bits per heavy atom. The van der Waals surface area contributed by atoms with Crippen molar-refractivity contribution < 1.29 is 35.9 Å². The van der Waals surface area contributed by atoms with Gasteiger partial charge in [0.25, 0.3) is 17.1 Å². The molecule has 0 atom stereocenters. The molecule has 0 aromatic heterocycles. The summed E-state index contributed by atoms with van der Waals surface area (Å²) in [6.45, 7) is 0. The Kier molecular flexibility index (Phi) is 5.75. The molecule has 0 N–H and O–H groups in total. The molecule has 0 aliphatic rings. The van der Waals surface area contributed by atoms with Crippen molar-refractivity contribution in [2.24, 2.45) is 0 Å². The molecule has 0 saturated carbocycles. The van der Waals surface area contributed by atoms with Gasteiger partial charge in [0.2, 0.25) is 0 Å². The normalized spacial score (nSPS) is 10.2. The number of hydrogen-bond donors (Lipinski definition) is 0.